The lowest BCUT2D eigenvalue weighted by molar-refractivity contribution is -0.161. The Bertz CT molecular complexity index is 1010. The Hall–Kier alpha value is -1.73. The molecule has 8 nitrogen and oxygen atoms in total. The van der Waals surface area contributed by atoms with Crippen molar-refractivity contribution in [1.82, 2.24) is 0 Å². The minimum Gasteiger partial charge on any atom is -0.462 e. The molecule has 0 radical (unpaired) electrons. The van der Waals surface area contributed by atoms with E-state index >= 15 is 0 Å². The van der Waals surface area contributed by atoms with Crippen LogP contribution in [0.5, 0.6) is 0 Å². The monoisotopic (exact) mass is 811 g/mol. The lowest BCUT2D eigenvalue weighted by atomic mass is 10.1. The number of unbranched alkanes of at least 4 members (excludes halogenated alkanes) is 26. The predicted molar refractivity (Wildman–Crippen MR) is 235 cm³/mol. The van der Waals surface area contributed by atoms with Gasteiger partial charge in [-0.15, -0.1) is 0 Å². The third kappa shape index (κ3) is 41.9. The summed E-state index contributed by atoms with van der Waals surface area (Å²) in [6.45, 7) is 3.88. The standard InChI is InChI=1S/C47H87O8P/c1-4-6-8-10-12-14-16-18-20-22-23-24-25-26-28-29-31-33-35-37-39-41-46(48)53-43-45(44-54-56(50,51)52-3)55-47(49)42-40-38-36-34-32-30-27-21-19-17-15-13-11-9-7-5-2/h15,17,21-23,27,45H,4-14,16,18-20,24-26,28-44H2,1-3H3,(H,50,51)/b17-15-,23-22-,27-21-. The van der Waals surface area contributed by atoms with Crippen molar-refractivity contribution in [2.45, 2.75) is 232 Å². The van der Waals surface area contributed by atoms with E-state index in [4.69, 9.17) is 14.0 Å². The molecule has 2 atom stereocenters. The van der Waals surface area contributed by atoms with E-state index in [1.807, 2.05) is 0 Å². The molecule has 0 aliphatic rings. The second kappa shape index (κ2) is 42.9. The van der Waals surface area contributed by atoms with Gasteiger partial charge in [0.15, 0.2) is 6.10 Å². The van der Waals surface area contributed by atoms with E-state index in [0.29, 0.717) is 6.42 Å². The van der Waals surface area contributed by atoms with Crippen molar-refractivity contribution in [3.63, 3.8) is 0 Å². The first-order valence-corrected chi connectivity index (χ1v) is 24.7. The highest BCUT2D eigenvalue weighted by atomic mass is 31.2. The second-order valence-electron chi connectivity index (χ2n) is 15.5. The van der Waals surface area contributed by atoms with Crippen molar-refractivity contribution < 1.29 is 37.6 Å². The van der Waals surface area contributed by atoms with Crippen molar-refractivity contribution in [2.24, 2.45) is 0 Å². The van der Waals surface area contributed by atoms with Gasteiger partial charge in [-0.3, -0.25) is 18.6 Å². The molecular weight excluding hydrogens is 723 g/mol. The minimum atomic E-state index is -4.27. The van der Waals surface area contributed by atoms with Gasteiger partial charge in [0.25, 0.3) is 0 Å². The van der Waals surface area contributed by atoms with Crippen LogP contribution in [0.3, 0.4) is 0 Å². The van der Waals surface area contributed by atoms with Crippen LogP contribution in [0.15, 0.2) is 36.5 Å². The van der Waals surface area contributed by atoms with Gasteiger partial charge in [-0.1, -0.05) is 179 Å². The molecule has 0 aliphatic heterocycles. The van der Waals surface area contributed by atoms with Crippen molar-refractivity contribution in [1.29, 1.82) is 0 Å². The number of rotatable bonds is 43. The van der Waals surface area contributed by atoms with Crippen molar-refractivity contribution in [3.8, 4) is 0 Å². The summed E-state index contributed by atoms with van der Waals surface area (Å²) >= 11 is 0. The highest BCUT2D eigenvalue weighted by molar-refractivity contribution is 7.47. The number of carbonyl (C=O) groups is 2. The van der Waals surface area contributed by atoms with E-state index in [1.165, 1.54) is 135 Å². The van der Waals surface area contributed by atoms with E-state index < -0.39 is 26.5 Å². The van der Waals surface area contributed by atoms with E-state index in [0.717, 1.165) is 64.9 Å². The third-order valence-electron chi connectivity index (χ3n) is 10.1. The fourth-order valence-electron chi connectivity index (χ4n) is 6.51. The molecule has 0 bridgehead atoms. The van der Waals surface area contributed by atoms with Gasteiger partial charge in [0.1, 0.15) is 6.61 Å². The smallest absolute Gasteiger partial charge is 0.462 e. The fraction of sp³-hybridized carbons (Fsp3) is 0.830. The molecule has 328 valence electrons. The molecule has 0 saturated carbocycles. The first-order valence-electron chi connectivity index (χ1n) is 23.2. The second-order valence-corrected chi connectivity index (χ2v) is 17.1. The maximum absolute atomic E-state index is 12.5. The van der Waals surface area contributed by atoms with E-state index in [1.54, 1.807) is 0 Å². The number of esters is 2. The maximum atomic E-state index is 12.5. The Morgan fingerprint density at radius 3 is 1.29 bits per heavy atom. The normalized spacial score (nSPS) is 13.6. The highest BCUT2D eigenvalue weighted by Gasteiger charge is 2.24. The van der Waals surface area contributed by atoms with Crippen LogP contribution in [0.1, 0.15) is 226 Å². The number of carbonyl (C=O) groups excluding carboxylic acids is 2. The zero-order valence-electron chi connectivity index (χ0n) is 36.5. The molecule has 0 saturated heterocycles. The molecule has 0 aromatic carbocycles. The summed E-state index contributed by atoms with van der Waals surface area (Å²) in [5.74, 6) is -0.816. The van der Waals surface area contributed by atoms with Gasteiger partial charge in [0.05, 0.1) is 6.61 Å². The summed E-state index contributed by atoms with van der Waals surface area (Å²) in [7, 11) is -3.21. The van der Waals surface area contributed by atoms with Gasteiger partial charge in [-0.05, 0) is 70.6 Å². The van der Waals surface area contributed by atoms with Gasteiger partial charge in [0, 0.05) is 20.0 Å². The molecule has 56 heavy (non-hydrogen) atoms. The van der Waals surface area contributed by atoms with Crippen LogP contribution in [0.4, 0.5) is 0 Å². The zero-order valence-corrected chi connectivity index (χ0v) is 37.4. The first-order chi connectivity index (χ1) is 27.3. The quantitative estimate of drug-likeness (QED) is 0.0281. The Balaban J connectivity index is 3.95. The number of phosphoric acid groups is 1. The summed E-state index contributed by atoms with van der Waals surface area (Å²) in [5, 5.41) is 0. The predicted octanol–water partition coefficient (Wildman–Crippen LogP) is 14.8. The molecule has 9 heteroatoms. The number of hydrogen-bond donors (Lipinski definition) is 1. The molecule has 0 rings (SSSR count). The Morgan fingerprint density at radius 2 is 0.857 bits per heavy atom. The van der Waals surface area contributed by atoms with Crippen LogP contribution >= 0.6 is 7.82 Å². The van der Waals surface area contributed by atoms with Crippen LogP contribution in [-0.2, 0) is 32.7 Å². The van der Waals surface area contributed by atoms with Crippen LogP contribution in [0, 0.1) is 0 Å². The molecule has 0 spiro atoms. The maximum Gasteiger partial charge on any atom is 0.472 e. The van der Waals surface area contributed by atoms with Gasteiger partial charge in [0.2, 0.25) is 0 Å². The largest absolute Gasteiger partial charge is 0.472 e. The Morgan fingerprint density at radius 1 is 0.500 bits per heavy atom. The SMILES string of the molecule is CCCCCC/C=C\C/C=C\CCCCCCCC(=O)OC(COC(=O)CCCCCCCCCCC/C=C\CCCCCCCCCC)COP(=O)(O)OC. The summed E-state index contributed by atoms with van der Waals surface area (Å²) in [4.78, 5) is 34.5. The lowest BCUT2D eigenvalue weighted by Gasteiger charge is -2.19. The van der Waals surface area contributed by atoms with Crippen LogP contribution < -0.4 is 0 Å². The van der Waals surface area contributed by atoms with Crippen molar-refractivity contribution in [2.75, 3.05) is 20.3 Å². The van der Waals surface area contributed by atoms with Gasteiger partial charge in [-0.2, -0.15) is 0 Å². The number of hydrogen-bond acceptors (Lipinski definition) is 7. The molecule has 0 aliphatic carbocycles. The molecule has 0 heterocycles. The molecule has 0 aromatic rings. The van der Waals surface area contributed by atoms with Crippen LogP contribution in [-0.4, -0.2) is 43.3 Å². The summed E-state index contributed by atoms with van der Waals surface area (Å²) < 4.78 is 32.0. The van der Waals surface area contributed by atoms with Gasteiger partial charge < -0.3 is 14.4 Å². The van der Waals surface area contributed by atoms with Gasteiger partial charge >= 0.3 is 19.8 Å². The van der Waals surface area contributed by atoms with Crippen molar-refractivity contribution in [3.05, 3.63) is 36.5 Å². The molecule has 0 amide bonds. The molecular formula is C47H87O8P. The number of phosphoric ester groups is 1. The highest BCUT2D eigenvalue weighted by Crippen LogP contribution is 2.42. The molecule has 0 aromatic heterocycles. The lowest BCUT2D eigenvalue weighted by Crippen LogP contribution is -2.29. The molecule has 2 unspecified atom stereocenters. The zero-order chi connectivity index (χ0) is 41.1. The van der Waals surface area contributed by atoms with E-state index in [9.17, 15) is 19.0 Å². The van der Waals surface area contributed by atoms with Crippen LogP contribution in [0.25, 0.3) is 0 Å². The third-order valence-corrected chi connectivity index (χ3v) is 11.0. The summed E-state index contributed by atoms with van der Waals surface area (Å²) in [6.07, 6.45) is 50.6. The fourth-order valence-corrected chi connectivity index (χ4v) is 6.97. The number of allylic oxidation sites excluding steroid dienone is 6. The minimum absolute atomic E-state index is 0.229. The molecule has 0 fully saturated rings. The van der Waals surface area contributed by atoms with E-state index in [-0.39, 0.29) is 25.4 Å². The average molecular weight is 811 g/mol. The Labute approximate surface area is 345 Å². The Kier molecular flexibility index (Phi) is 41.5. The number of ether oxygens (including phenoxy) is 2. The molecule has 1 N–H and O–H groups in total. The van der Waals surface area contributed by atoms with E-state index in [2.05, 4.69) is 54.8 Å². The van der Waals surface area contributed by atoms with Crippen LogP contribution in [0.2, 0.25) is 0 Å². The average Bonchev–Trinajstić information content (AvgIpc) is 3.19. The summed E-state index contributed by atoms with van der Waals surface area (Å²) in [6, 6.07) is 0. The first kappa shape index (κ1) is 54.3. The summed E-state index contributed by atoms with van der Waals surface area (Å²) in [5.41, 5.74) is 0. The van der Waals surface area contributed by atoms with Gasteiger partial charge in [-0.25, -0.2) is 4.57 Å². The van der Waals surface area contributed by atoms with Crippen molar-refractivity contribution >= 4 is 19.8 Å². The topological polar surface area (TPSA) is 108 Å².